The van der Waals surface area contributed by atoms with Gasteiger partial charge in [0.2, 0.25) is 0 Å². The lowest BCUT2D eigenvalue weighted by Crippen LogP contribution is -2.07. The molecule has 19 heavy (non-hydrogen) atoms. The molecule has 0 radical (unpaired) electrons. The zero-order chi connectivity index (χ0) is 13.8. The van der Waals surface area contributed by atoms with Crippen LogP contribution in [0.3, 0.4) is 0 Å². The molecule has 0 saturated carbocycles. The van der Waals surface area contributed by atoms with E-state index >= 15 is 0 Å². The summed E-state index contributed by atoms with van der Waals surface area (Å²) in [4.78, 5) is 13.2. The van der Waals surface area contributed by atoms with Crippen LogP contribution in [0.2, 0.25) is 0 Å². The second-order valence-electron chi connectivity index (χ2n) is 4.57. The molecule has 0 aromatic heterocycles. The van der Waals surface area contributed by atoms with Gasteiger partial charge in [-0.2, -0.15) is 0 Å². The van der Waals surface area contributed by atoms with Crippen LogP contribution < -0.4 is 9.64 Å². The third-order valence-electron chi connectivity index (χ3n) is 2.85. The van der Waals surface area contributed by atoms with Gasteiger partial charge in [-0.25, -0.2) is 0 Å². The Morgan fingerprint density at radius 2 is 1.37 bits per heavy atom. The molecule has 0 amide bonds. The van der Waals surface area contributed by atoms with Crippen molar-refractivity contribution in [3.8, 4) is 11.5 Å². The van der Waals surface area contributed by atoms with Crippen molar-refractivity contribution in [3.63, 3.8) is 0 Å². The molecule has 0 aliphatic carbocycles. The Bertz CT molecular complexity index is 556. The number of carbonyl (C=O) groups excluding carboxylic acids is 1. The van der Waals surface area contributed by atoms with Crippen LogP contribution >= 0.6 is 0 Å². The Morgan fingerprint density at radius 1 is 0.895 bits per heavy atom. The summed E-state index contributed by atoms with van der Waals surface area (Å²) in [6.07, 6.45) is 0. The number of carbonyl (C=O) groups is 1. The minimum atomic E-state index is 0.0573. The predicted molar refractivity (Wildman–Crippen MR) is 77.3 cm³/mol. The summed E-state index contributed by atoms with van der Waals surface area (Å²) in [5, 5.41) is 0. The van der Waals surface area contributed by atoms with E-state index in [1.54, 1.807) is 31.2 Å². The molecule has 0 heterocycles. The molecule has 0 atom stereocenters. The summed E-state index contributed by atoms with van der Waals surface area (Å²) in [7, 11) is 3.99. The first-order chi connectivity index (χ1) is 9.06. The van der Waals surface area contributed by atoms with E-state index in [1.165, 1.54) is 0 Å². The lowest BCUT2D eigenvalue weighted by molar-refractivity contribution is 0.101. The number of Topliss-reactive ketones (excluding diaryl/α,β-unsaturated/α-hetero) is 1. The third kappa shape index (κ3) is 3.35. The number of anilines is 1. The number of benzene rings is 2. The second-order valence-corrected chi connectivity index (χ2v) is 4.57. The number of rotatable bonds is 4. The normalized spacial score (nSPS) is 10.1. The van der Waals surface area contributed by atoms with Gasteiger partial charge in [0.1, 0.15) is 11.5 Å². The first kappa shape index (κ1) is 13.1. The predicted octanol–water partition coefficient (Wildman–Crippen LogP) is 3.75. The van der Waals surface area contributed by atoms with E-state index in [2.05, 4.69) is 0 Å². The number of nitrogens with zero attached hydrogens (tertiary/aromatic N) is 1. The van der Waals surface area contributed by atoms with Crippen molar-refractivity contribution in [1.29, 1.82) is 0 Å². The van der Waals surface area contributed by atoms with E-state index in [4.69, 9.17) is 4.74 Å². The number of ether oxygens (including phenoxy) is 1. The fourth-order valence-corrected chi connectivity index (χ4v) is 1.71. The van der Waals surface area contributed by atoms with Crippen LogP contribution in [0.15, 0.2) is 48.5 Å². The zero-order valence-electron chi connectivity index (χ0n) is 11.4. The van der Waals surface area contributed by atoms with E-state index in [-0.39, 0.29) is 5.78 Å². The summed E-state index contributed by atoms with van der Waals surface area (Å²) in [5.74, 6) is 1.56. The molecular weight excluding hydrogens is 238 g/mol. The summed E-state index contributed by atoms with van der Waals surface area (Å²) < 4.78 is 5.72. The highest BCUT2D eigenvalue weighted by Gasteiger charge is 2.01. The maximum atomic E-state index is 11.2. The lowest BCUT2D eigenvalue weighted by Gasteiger charge is -2.13. The largest absolute Gasteiger partial charge is 0.457 e. The third-order valence-corrected chi connectivity index (χ3v) is 2.85. The molecule has 98 valence electrons. The van der Waals surface area contributed by atoms with E-state index in [9.17, 15) is 4.79 Å². The molecule has 0 bridgehead atoms. The van der Waals surface area contributed by atoms with Crippen LogP contribution in [0, 0.1) is 0 Å². The van der Waals surface area contributed by atoms with Crippen molar-refractivity contribution in [2.24, 2.45) is 0 Å². The Morgan fingerprint density at radius 3 is 1.79 bits per heavy atom. The van der Waals surface area contributed by atoms with E-state index < -0.39 is 0 Å². The number of hydrogen-bond acceptors (Lipinski definition) is 3. The fraction of sp³-hybridized carbons (Fsp3) is 0.188. The SMILES string of the molecule is CC(=O)c1ccc(Oc2ccc(N(C)C)cc2)cc1. The van der Waals surface area contributed by atoms with Gasteiger partial charge in [-0.1, -0.05) is 0 Å². The molecule has 0 aliphatic rings. The average Bonchev–Trinajstić information content (AvgIpc) is 2.40. The van der Waals surface area contributed by atoms with Gasteiger partial charge in [0.25, 0.3) is 0 Å². The molecule has 2 aromatic carbocycles. The minimum absolute atomic E-state index is 0.0573. The monoisotopic (exact) mass is 255 g/mol. The molecular formula is C16H17NO2. The minimum Gasteiger partial charge on any atom is -0.457 e. The maximum Gasteiger partial charge on any atom is 0.159 e. The first-order valence-electron chi connectivity index (χ1n) is 6.12. The van der Waals surface area contributed by atoms with Crippen molar-refractivity contribution in [1.82, 2.24) is 0 Å². The van der Waals surface area contributed by atoms with Crippen molar-refractivity contribution in [3.05, 3.63) is 54.1 Å². The van der Waals surface area contributed by atoms with Crippen LogP contribution in [-0.4, -0.2) is 19.9 Å². The number of ketones is 1. The highest BCUT2D eigenvalue weighted by Crippen LogP contribution is 2.24. The summed E-state index contributed by atoms with van der Waals surface area (Å²) >= 11 is 0. The van der Waals surface area contributed by atoms with Gasteiger partial charge in [0, 0.05) is 25.3 Å². The van der Waals surface area contributed by atoms with Crippen molar-refractivity contribution >= 4 is 11.5 Å². The highest BCUT2D eigenvalue weighted by atomic mass is 16.5. The smallest absolute Gasteiger partial charge is 0.159 e. The molecule has 0 N–H and O–H groups in total. The summed E-state index contributed by atoms with van der Waals surface area (Å²) in [6.45, 7) is 1.55. The van der Waals surface area contributed by atoms with Gasteiger partial charge in [-0.05, 0) is 55.5 Å². The Balaban J connectivity index is 2.10. The van der Waals surface area contributed by atoms with Gasteiger partial charge >= 0.3 is 0 Å². The van der Waals surface area contributed by atoms with Crippen LogP contribution in [-0.2, 0) is 0 Å². The van der Waals surface area contributed by atoms with Gasteiger partial charge in [0.15, 0.2) is 5.78 Å². The Labute approximate surface area is 113 Å². The molecule has 3 heteroatoms. The van der Waals surface area contributed by atoms with E-state index in [1.807, 2.05) is 43.3 Å². The molecule has 2 aromatic rings. The van der Waals surface area contributed by atoms with Gasteiger partial charge in [-0.15, -0.1) is 0 Å². The zero-order valence-corrected chi connectivity index (χ0v) is 11.4. The molecule has 2 rings (SSSR count). The lowest BCUT2D eigenvalue weighted by atomic mass is 10.1. The maximum absolute atomic E-state index is 11.2. The van der Waals surface area contributed by atoms with E-state index in [0.29, 0.717) is 5.56 Å². The summed E-state index contributed by atoms with van der Waals surface area (Å²) in [6, 6.07) is 15.0. The van der Waals surface area contributed by atoms with Crippen LogP contribution in [0.1, 0.15) is 17.3 Å². The Hall–Kier alpha value is -2.29. The van der Waals surface area contributed by atoms with Crippen molar-refractivity contribution in [2.75, 3.05) is 19.0 Å². The molecule has 0 spiro atoms. The topological polar surface area (TPSA) is 29.5 Å². The van der Waals surface area contributed by atoms with Crippen LogP contribution in [0.5, 0.6) is 11.5 Å². The van der Waals surface area contributed by atoms with Crippen LogP contribution in [0.4, 0.5) is 5.69 Å². The summed E-state index contributed by atoms with van der Waals surface area (Å²) in [5.41, 5.74) is 1.81. The quantitative estimate of drug-likeness (QED) is 0.779. The first-order valence-corrected chi connectivity index (χ1v) is 6.12. The fourth-order valence-electron chi connectivity index (χ4n) is 1.71. The molecule has 0 unspecified atom stereocenters. The van der Waals surface area contributed by atoms with Crippen LogP contribution in [0.25, 0.3) is 0 Å². The Kier molecular flexibility index (Phi) is 3.85. The van der Waals surface area contributed by atoms with Crippen molar-refractivity contribution < 1.29 is 9.53 Å². The van der Waals surface area contributed by atoms with Crippen molar-refractivity contribution in [2.45, 2.75) is 6.92 Å². The molecule has 0 aliphatic heterocycles. The standard InChI is InChI=1S/C16H17NO2/c1-12(18)13-4-8-15(9-5-13)19-16-10-6-14(7-11-16)17(2)3/h4-11H,1-3H3. The molecule has 0 fully saturated rings. The van der Waals surface area contributed by atoms with Gasteiger partial charge in [-0.3, -0.25) is 4.79 Å². The van der Waals surface area contributed by atoms with Gasteiger partial charge in [0.05, 0.1) is 0 Å². The number of hydrogen-bond donors (Lipinski definition) is 0. The van der Waals surface area contributed by atoms with E-state index in [0.717, 1.165) is 17.2 Å². The van der Waals surface area contributed by atoms with Gasteiger partial charge < -0.3 is 9.64 Å². The second kappa shape index (κ2) is 5.57. The molecule has 0 saturated heterocycles. The highest BCUT2D eigenvalue weighted by molar-refractivity contribution is 5.94. The molecule has 3 nitrogen and oxygen atoms in total. The average molecular weight is 255 g/mol.